The summed E-state index contributed by atoms with van der Waals surface area (Å²) in [7, 11) is 3.11. The van der Waals surface area contributed by atoms with Crippen LogP contribution >= 0.6 is 0 Å². The molecular formula is C40H41F4N9O2. The molecule has 2 fully saturated rings. The lowest BCUT2D eigenvalue weighted by Gasteiger charge is -2.31. The lowest BCUT2D eigenvalue weighted by atomic mass is 9.93. The van der Waals surface area contributed by atoms with Crippen LogP contribution in [0.3, 0.4) is 0 Å². The minimum Gasteiger partial charge on any atom is -0.461 e. The Balaban J connectivity index is 1.26. The van der Waals surface area contributed by atoms with E-state index in [2.05, 4.69) is 10.00 Å². The Morgan fingerprint density at radius 3 is 2.64 bits per heavy atom. The number of anilines is 1. The number of halogens is 4. The second-order valence-electron chi connectivity index (χ2n) is 15.2. The Morgan fingerprint density at radius 2 is 1.84 bits per heavy atom. The highest BCUT2D eigenvalue weighted by atomic mass is 19.1. The van der Waals surface area contributed by atoms with Crippen molar-refractivity contribution in [3.05, 3.63) is 76.5 Å². The smallest absolute Gasteiger partial charge is 0.319 e. The number of hydrogen-bond donors (Lipinski definition) is 0. The van der Waals surface area contributed by atoms with Crippen molar-refractivity contribution in [1.82, 2.24) is 39.2 Å². The maximum atomic E-state index is 16.1. The van der Waals surface area contributed by atoms with Gasteiger partial charge in [-0.15, -0.1) is 0 Å². The molecule has 286 valence electrons. The third kappa shape index (κ3) is 5.52. The van der Waals surface area contributed by atoms with Crippen molar-refractivity contribution in [2.24, 2.45) is 0 Å². The normalized spacial score (nSPS) is 20.1. The molecule has 15 heteroatoms. The Hall–Kier alpha value is -5.31. The number of ether oxygens (including phenoxy) is 1. The van der Waals surface area contributed by atoms with E-state index in [-0.39, 0.29) is 30.5 Å². The van der Waals surface area contributed by atoms with Gasteiger partial charge in [-0.1, -0.05) is 6.92 Å². The molecule has 4 aromatic heterocycles. The van der Waals surface area contributed by atoms with Gasteiger partial charge in [0.15, 0.2) is 11.5 Å². The molecule has 0 saturated carbocycles. The summed E-state index contributed by atoms with van der Waals surface area (Å²) in [5, 5.41) is 10.5. The number of carbonyl (C=O) groups is 1. The first-order valence-corrected chi connectivity index (χ1v) is 18.8. The molecule has 3 aliphatic heterocycles. The van der Waals surface area contributed by atoms with Crippen LogP contribution < -0.4 is 9.64 Å². The van der Waals surface area contributed by atoms with Gasteiger partial charge in [-0.2, -0.15) is 20.2 Å². The molecule has 0 radical (unpaired) electrons. The van der Waals surface area contributed by atoms with Gasteiger partial charge in [-0.25, -0.2) is 22.1 Å². The molecule has 2 unspecified atom stereocenters. The van der Waals surface area contributed by atoms with Crippen molar-refractivity contribution in [1.29, 1.82) is 0 Å². The molecule has 6 aromatic rings. The monoisotopic (exact) mass is 755 g/mol. The Kier molecular flexibility index (Phi) is 8.48. The Labute approximate surface area is 314 Å². The van der Waals surface area contributed by atoms with E-state index in [1.165, 1.54) is 23.1 Å². The van der Waals surface area contributed by atoms with E-state index in [0.29, 0.717) is 94.3 Å². The molecule has 2 atom stereocenters. The van der Waals surface area contributed by atoms with Crippen LogP contribution in [0.5, 0.6) is 6.01 Å². The number of pyridine rings is 1. The maximum absolute atomic E-state index is 16.1. The van der Waals surface area contributed by atoms with Gasteiger partial charge in [0.25, 0.3) is 5.91 Å². The minimum absolute atomic E-state index is 0.0508. The third-order valence-electron chi connectivity index (χ3n) is 11.7. The predicted octanol–water partition coefficient (Wildman–Crippen LogP) is 6.65. The first kappa shape index (κ1) is 35.4. The number of benzene rings is 2. The summed E-state index contributed by atoms with van der Waals surface area (Å²) >= 11 is 0. The molecule has 11 nitrogen and oxygen atoms in total. The molecule has 2 aromatic carbocycles. The van der Waals surface area contributed by atoms with Gasteiger partial charge in [0.1, 0.15) is 30.2 Å². The van der Waals surface area contributed by atoms with Crippen LogP contribution in [-0.2, 0) is 19.5 Å². The zero-order valence-corrected chi connectivity index (χ0v) is 31.2. The molecule has 0 aliphatic carbocycles. The average molecular weight is 756 g/mol. The lowest BCUT2D eigenvalue weighted by molar-refractivity contribution is 0.0816. The van der Waals surface area contributed by atoms with Crippen LogP contribution in [-0.4, -0.2) is 97.1 Å². The summed E-state index contributed by atoms with van der Waals surface area (Å²) in [6.07, 6.45) is 3.72. The van der Waals surface area contributed by atoms with Gasteiger partial charge in [0.2, 0.25) is 0 Å². The highest BCUT2D eigenvalue weighted by Crippen LogP contribution is 2.43. The molecule has 1 amide bonds. The summed E-state index contributed by atoms with van der Waals surface area (Å²) in [6, 6.07) is 7.70. The van der Waals surface area contributed by atoms with Gasteiger partial charge >= 0.3 is 6.01 Å². The van der Waals surface area contributed by atoms with Crippen molar-refractivity contribution in [2.75, 3.05) is 45.2 Å². The summed E-state index contributed by atoms with van der Waals surface area (Å²) in [5.41, 5.74) is 2.92. The predicted molar refractivity (Wildman–Crippen MR) is 200 cm³/mol. The summed E-state index contributed by atoms with van der Waals surface area (Å²) in [5.74, 6) is -1.63. The Bertz CT molecular complexity index is 2530. The van der Waals surface area contributed by atoms with Crippen molar-refractivity contribution in [2.45, 2.75) is 70.8 Å². The van der Waals surface area contributed by atoms with Crippen LogP contribution in [0.15, 0.2) is 36.5 Å². The summed E-state index contributed by atoms with van der Waals surface area (Å²) in [6.45, 7) is 5.99. The fourth-order valence-corrected chi connectivity index (χ4v) is 9.15. The molecule has 7 heterocycles. The number of aromatic nitrogens is 6. The van der Waals surface area contributed by atoms with Crippen molar-refractivity contribution >= 4 is 38.9 Å². The molecule has 0 spiro atoms. The number of alkyl halides is 1. The number of rotatable bonds is 7. The second kappa shape index (κ2) is 13.2. The zero-order chi connectivity index (χ0) is 38.3. The topological polar surface area (TPSA) is 96.9 Å². The number of hydrogen-bond acceptors (Lipinski definition) is 8. The number of carbonyl (C=O) groups excluding carboxylic acids is 1. The maximum Gasteiger partial charge on any atom is 0.319 e. The second-order valence-corrected chi connectivity index (χ2v) is 15.2. The fourth-order valence-electron chi connectivity index (χ4n) is 9.15. The molecule has 55 heavy (non-hydrogen) atoms. The first-order valence-electron chi connectivity index (χ1n) is 18.8. The first-order chi connectivity index (χ1) is 26.5. The summed E-state index contributed by atoms with van der Waals surface area (Å²) < 4.78 is 71.4. The van der Waals surface area contributed by atoms with Gasteiger partial charge in [-0.3, -0.25) is 14.4 Å². The number of nitrogens with zero attached hydrogens (tertiary/aromatic N) is 9. The zero-order valence-electron chi connectivity index (χ0n) is 31.2. The molecule has 0 N–H and O–H groups in total. The molecular weight excluding hydrogens is 714 g/mol. The van der Waals surface area contributed by atoms with Crippen LogP contribution in [0.4, 0.5) is 23.4 Å². The van der Waals surface area contributed by atoms with Gasteiger partial charge < -0.3 is 14.5 Å². The quantitative estimate of drug-likeness (QED) is 0.167. The van der Waals surface area contributed by atoms with Crippen LogP contribution in [0, 0.1) is 24.4 Å². The molecule has 9 rings (SSSR count). The summed E-state index contributed by atoms with van der Waals surface area (Å²) in [4.78, 5) is 28.3. The SMILES string of the molecule is CCc1c(F)ccc2c(F)ccc(-c3c(C)c4nc(OCC56CCCN5CC(F)C6)nc(N5CCCn6nc(C(=O)N(C)C)c(F)c6C5)c4c4ccnn34)c12. The number of fused-ring (bicyclic) bond motifs is 6. The average Bonchev–Trinajstić information content (AvgIpc) is 3.90. The van der Waals surface area contributed by atoms with Crippen molar-refractivity contribution in [3.8, 4) is 17.3 Å². The van der Waals surface area contributed by atoms with E-state index in [1.807, 2.05) is 24.8 Å². The molecule has 2 saturated heterocycles. The highest BCUT2D eigenvalue weighted by Gasteiger charge is 2.49. The van der Waals surface area contributed by atoms with Gasteiger partial charge in [-0.05, 0) is 75.0 Å². The number of amides is 1. The number of aryl methyl sites for hydroxylation is 3. The van der Waals surface area contributed by atoms with E-state index in [4.69, 9.17) is 19.8 Å². The highest BCUT2D eigenvalue weighted by molar-refractivity contribution is 6.08. The van der Waals surface area contributed by atoms with E-state index in [0.717, 1.165) is 19.4 Å². The standard InChI is InChI=1S/C40H41F4N9O2/c1-5-24-27(42)10-8-25-28(43)11-9-26(31(24)25)36-22(2)34-32(29-12-14-45-53(29)36)37(47-39(46-34)55-21-40-13-6-16-51(40)19-23(41)18-40)50-15-7-17-52-30(20-50)33(44)35(48-52)38(54)49(3)4/h8-12,14,23H,5-7,13,15-21H2,1-4H3. The molecule has 3 aliphatic rings. The van der Waals surface area contributed by atoms with Gasteiger partial charge in [0, 0.05) is 62.0 Å². The minimum atomic E-state index is -0.943. The van der Waals surface area contributed by atoms with E-state index in [1.54, 1.807) is 35.6 Å². The van der Waals surface area contributed by atoms with Crippen molar-refractivity contribution < 1.29 is 27.1 Å². The van der Waals surface area contributed by atoms with Crippen LogP contribution in [0.1, 0.15) is 59.9 Å². The Morgan fingerprint density at radius 1 is 1.02 bits per heavy atom. The third-order valence-corrected chi connectivity index (χ3v) is 11.7. The van der Waals surface area contributed by atoms with E-state index in [9.17, 15) is 9.18 Å². The lowest BCUT2D eigenvalue weighted by Crippen LogP contribution is -2.43. The van der Waals surface area contributed by atoms with E-state index >= 15 is 13.2 Å². The van der Waals surface area contributed by atoms with Crippen LogP contribution in [0.2, 0.25) is 0 Å². The van der Waals surface area contributed by atoms with Crippen LogP contribution in [0.25, 0.3) is 38.4 Å². The van der Waals surface area contributed by atoms with Crippen molar-refractivity contribution in [3.63, 3.8) is 0 Å². The molecule has 0 bridgehead atoms. The fraction of sp³-hybridized carbons (Fsp3) is 0.425. The van der Waals surface area contributed by atoms with E-state index < -0.39 is 35.1 Å². The van der Waals surface area contributed by atoms with Gasteiger partial charge in [0.05, 0.1) is 46.1 Å². The largest absolute Gasteiger partial charge is 0.461 e.